The minimum atomic E-state index is -1.11. The van der Waals surface area contributed by atoms with Crippen LogP contribution in [0.2, 0.25) is 0 Å². The molecule has 2 aromatic rings. The lowest BCUT2D eigenvalue weighted by Crippen LogP contribution is -2.42. The average molecular weight is 467 g/mol. The molecule has 34 heavy (non-hydrogen) atoms. The first-order chi connectivity index (χ1) is 16.4. The second kappa shape index (κ2) is 11.9. The fraction of sp³-hybridized carbons (Fsp3) is 0.346. The van der Waals surface area contributed by atoms with Gasteiger partial charge in [0, 0.05) is 19.5 Å². The van der Waals surface area contributed by atoms with E-state index in [9.17, 15) is 19.5 Å². The predicted octanol–water partition coefficient (Wildman–Crippen LogP) is 4.40. The monoisotopic (exact) mass is 466 g/mol. The summed E-state index contributed by atoms with van der Waals surface area (Å²) in [5.41, 5.74) is 4.62. The number of ether oxygens (including phenoxy) is 2. The average Bonchev–Trinajstić information content (AvgIpc) is 3.16. The van der Waals surface area contributed by atoms with Gasteiger partial charge in [0.05, 0.1) is 0 Å². The molecule has 0 bridgehead atoms. The van der Waals surface area contributed by atoms with Gasteiger partial charge in [-0.1, -0.05) is 61.2 Å². The van der Waals surface area contributed by atoms with Gasteiger partial charge in [-0.3, -0.25) is 4.90 Å². The van der Waals surface area contributed by atoms with Gasteiger partial charge in [0.1, 0.15) is 19.3 Å². The number of likely N-dealkylation sites (N-methyl/N-ethyl adjacent to an activating group) is 1. The maximum Gasteiger partial charge on any atom is 0.410 e. The number of carbonyl (C=O) groups is 3. The van der Waals surface area contributed by atoms with Gasteiger partial charge < -0.3 is 19.9 Å². The molecule has 8 heteroatoms. The van der Waals surface area contributed by atoms with E-state index in [0.29, 0.717) is 19.4 Å². The summed E-state index contributed by atoms with van der Waals surface area (Å²) in [6.45, 7) is 4.04. The Morgan fingerprint density at radius 3 is 2.26 bits per heavy atom. The Balaban J connectivity index is 1.42. The fourth-order valence-corrected chi connectivity index (χ4v) is 4.14. The lowest BCUT2D eigenvalue weighted by Gasteiger charge is -2.24. The minimum Gasteiger partial charge on any atom is -0.480 e. The third-order valence-electron chi connectivity index (χ3n) is 5.88. The first-order valence-corrected chi connectivity index (χ1v) is 11.3. The van der Waals surface area contributed by atoms with E-state index in [4.69, 9.17) is 9.47 Å². The third kappa shape index (κ3) is 5.95. The van der Waals surface area contributed by atoms with Crippen LogP contribution >= 0.6 is 0 Å². The number of carboxylic acid groups (broad SMARTS) is 1. The number of carbonyl (C=O) groups excluding carboxylic acids is 2. The van der Waals surface area contributed by atoms with Gasteiger partial charge in [-0.25, -0.2) is 14.4 Å². The van der Waals surface area contributed by atoms with Crippen LogP contribution in [0.1, 0.15) is 36.3 Å². The molecule has 1 aliphatic carbocycles. The van der Waals surface area contributed by atoms with Crippen LogP contribution in [0.15, 0.2) is 61.2 Å². The highest BCUT2D eigenvalue weighted by Crippen LogP contribution is 2.44. The summed E-state index contributed by atoms with van der Waals surface area (Å²) < 4.78 is 10.4. The first-order valence-electron chi connectivity index (χ1n) is 11.3. The molecule has 3 rings (SSSR count). The number of hydrogen-bond donors (Lipinski definition) is 2. The molecule has 0 saturated heterocycles. The van der Waals surface area contributed by atoms with Gasteiger partial charge in [-0.2, -0.15) is 0 Å². The van der Waals surface area contributed by atoms with Gasteiger partial charge in [0.25, 0.3) is 0 Å². The van der Waals surface area contributed by atoms with Crippen LogP contribution in [-0.4, -0.2) is 61.0 Å². The van der Waals surface area contributed by atoms with Crippen molar-refractivity contribution in [1.82, 2.24) is 10.2 Å². The number of fused-ring (bicyclic) bond motifs is 3. The summed E-state index contributed by atoms with van der Waals surface area (Å²) in [5, 5.41) is 12.1. The van der Waals surface area contributed by atoms with Crippen molar-refractivity contribution in [3.63, 3.8) is 0 Å². The second-order valence-corrected chi connectivity index (χ2v) is 8.08. The van der Waals surface area contributed by atoms with E-state index in [-0.39, 0.29) is 25.6 Å². The van der Waals surface area contributed by atoms with Crippen molar-refractivity contribution in [2.75, 3.05) is 26.8 Å². The number of aliphatic carboxylic acids is 1. The normalized spacial score (nSPS) is 12.7. The second-order valence-electron chi connectivity index (χ2n) is 8.08. The van der Waals surface area contributed by atoms with Crippen LogP contribution in [0.3, 0.4) is 0 Å². The Morgan fingerprint density at radius 1 is 1.06 bits per heavy atom. The van der Waals surface area contributed by atoms with Crippen molar-refractivity contribution in [2.45, 2.75) is 31.2 Å². The van der Waals surface area contributed by atoms with Gasteiger partial charge >= 0.3 is 18.2 Å². The summed E-state index contributed by atoms with van der Waals surface area (Å²) in [6, 6.07) is 15.2. The summed E-state index contributed by atoms with van der Waals surface area (Å²) in [4.78, 5) is 36.7. The van der Waals surface area contributed by atoms with Gasteiger partial charge in [-0.05, 0) is 41.5 Å². The van der Waals surface area contributed by atoms with Crippen molar-refractivity contribution >= 4 is 18.2 Å². The molecular formula is C26H30N2O6. The van der Waals surface area contributed by atoms with E-state index >= 15 is 0 Å². The van der Waals surface area contributed by atoms with Gasteiger partial charge in [0.15, 0.2) is 0 Å². The highest BCUT2D eigenvalue weighted by Gasteiger charge is 2.29. The summed E-state index contributed by atoms with van der Waals surface area (Å²) >= 11 is 0. The number of alkyl carbamates (subject to hydrolysis) is 1. The topological polar surface area (TPSA) is 105 Å². The van der Waals surface area contributed by atoms with E-state index in [1.54, 1.807) is 0 Å². The molecule has 0 aromatic heterocycles. The van der Waals surface area contributed by atoms with Crippen LogP contribution in [0.5, 0.6) is 0 Å². The summed E-state index contributed by atoms with van der Waals surface area (Å²) in [7, 11) is 1.39. The zero-order valence-electron chi connectivity index (χ0n) is 19.2. The smallest absolute Gasteiger partial charge is 0.410 e. The van der Waals surface area contributed by atoms with Crippen LogP contribution in [-0.2, 0) is 14.3 Å². The SMILES string of the molecule is C=CCOC(=O)N(C)[C@@H](CCCCNC(=O)OCC1c2ccccc2-c2ccccc21)C(=O)O. The minimum absolute atomic E-state index is 0.00847. The van der Waals surface area contributed by atoms with E-state index in [0.717, 1.165) is 16.0 Å². The zero-order chi connectivity index (χ0) is 24.5. The highest BCUT2D eigenvalue weighted by molar-refractivity contribution is 5.80. The van der Waals surface area contributed by atoms with Crippen LogP contribution < -0.4 is 5.32 Å². The Labute approximate surface area is 199 Å². The number of carboxylic acids is 1. The molecule has 2 aromatic carbocycles. The molecule has 2 amide bonds. The standard InChI is InChI=1S/C26H30N2O6/c1-3-16-33-26(32)28(2)23(24(29)30)14-8-9-15-27-25(31)34-17-22-20-12-6-4-10-18(20)19-11-5-7-13-21(19)22/h3-7,10-13,22-23H,1,8-9,14-17H2,2H3,(H,27,31)(H,29,30)/t23-/m0/s1. The van der Waals surface area contributed by atoms with Crippen molar-refractivity contribution in [1.29, 1.82) is 0 Å². The number of rotatable bonds is 11. The molecule has 0 fully saturated rings. The molecule has 0 unspecified atom stereocenters. The summed E-state index contributed by atoms with van der Waals surface area (Å²) in [6.07, 6.45) is 1.46. The number of nitrogens with one attached hydrogen (secondary N) is 1. The van der Waals surface area contributed by atoms with E-state index in [1.165, 1.54) is 24.3 Å². The fourth-order valence-electron chi connectivity index (χ4n) is 4.14. The van der Waals surface area contributed by atoms with Crippen LogP contribution in [0.25, 0.3) is 11.1 Å². The number of unbranched alkanes of at least 4 members (excludes halogenated alkanes) is 1. The Kier molecular flexibility index (Phi) is 8.67. The van der Waals surface area contributed by atoms with E-state index < -0.39 is 24.2 Å². The molecule has 0 spiro atoms. The molecule has 2 N–H and O–H groups in total. The predicted molar refractivity (Wildman–Crippen MR) is 128 cm³/mol. The molecular weight excluding hydrogens is 436 g/mol. The molecule has 0 saturated carbocycles. The molecule has 8 nitrogen and oxygen atoms in total. The van der Waals surface area contributed by atoms with Gasteiger partial charge in [-0.15, -0.1) is 0 Å². The maximum atomic E-state index is 12.2. The number of benzene rings is 2. The van der Waals surface area contributed by atoms with Crippen molar-refractivity contribution in [3.05, 3.63) is 72.3 Å². The van der Waals surface area contributed by atoms with Crippen LogP contribution in [0.4, 0.5) is 9.59 Å². The zero-order valence-corrected chi connectivity index (χ0v) is 19.2. The third-order valence-corrected chi connectivity index (χ3v) is 5.88. The summed E-state index contributed by atoms with van der Waals surface area (Å²) in [5.74, 6) is -1.12. The molecule has 180 valence electrons. The van der Waals surface area contributed by atoms with Crippen molar-refractivity contribution < 1.29 is 29.0 Å². The molecule has 0 heterocycles. The quantitative estimate of drug-likeness (QED) is 0.376. The molecule has 1 aliphatic rings. The van der Waals surface area contributed by atoms with Crippen LogP contribution in [0, 0.1) is 0 Å². The number of amides is 2. The Bertz CT molecular complexity index is 992. The lowest BCUT2D eigenvalue weighted by molar-refractivity contribution is -0.142. The van der Waals surface area contributed by atoms with Crippen molar-refractivity contribution in [2.24, 2.45) is 0 Å². The Morgan fingerprint density at radius 2 is 1.68 bits per heavy atom. The largest absolute Gasteiger partial charge is 0.480 e. The molecule has 0 aliphatic heterocycles. The van der Waals surface area contributed by atoms with Gasteiger partial charge in [0.2, 0.25) is 0 Å². The number of nitrogens with zero attached hydrogens (tertiary/aromatic N) is 1. The maximum absolute atomic E-state index is 12.2. The first kappa shape index (κ1) is 24.8. The van der Waals surface area contributed by atoms with Crippen molar-refractivity contribution in [3.8, 4) is 11.1 Å². The number of hydrogen-bond acceptors (Lipinski definition) is 5. The molecule has 0 radical (unpaired) electrons. The molecule has 1 atom stereocenters. The van der Waals surface area contributed by atoms with E-state index in [1.807, 2.05) is 24.3 Å². The Hall–Kier alpha value is -3.81. The highest BCUT2D eigenvalue weighted by atomic mass is 16.6. The van der Waals surface area contributed by atoms with E-state index in [2.05, 4.69) is 36.2 Å². The lowest BCUT2D eigenvalue weighted by atomic mass is 9.98.